The number of nitrogens with one attached hydrogen (secondary N) is 1. The number of carbonyl (C=O) groups is 1. The van der Waals surface area contributed by atoms with Crippen molar-refractivity contribution in [2.24, 2.45) is 0 Å². The Morgan fingerprint density at radius 2 is 2.11 bits per heavy atom. The minimum atomic E-state index is 0.122. The summed E-state index contributed by atoms with van der Waals surface area (Å²) >= 11 is 1.41. The van der Waals surface area contributed by atoms with E-state index in [0.717, 1.165) is 23.6 Å². The molecule has 1 N–H and O–H groups in total. The van der Waals surface area contributed by atoms with E-state index < -0.39 is 0 Å². The van der Waals surface area contributed by atoms with Gasteiger partial charge in [-0.15, -0.1) is 0 Å². The molecule has 2 aromatic heterocycles. The minimum Gasteiger partial charge on any atom is -0.343 e. The monoisotopic (exact) mass is 265 g/mol. The van der Waals surface area contributed by atoms with Crippen molar-refractivity contribution >= 4 is 28.8 Å². The summed E-state index contributed by atoms with van der Waals surface area (Å²) < 4.78 is 0. The second kappa shape index (κ2) is 5.81. The number of imidazole rings is 1. The van der Waals surface area contributed by atoms with Crippen LogP contribution >= 0.6 is 11.8 Å². The molecule has 0 aliphatic rings. The van der Waals surface area contributed by atoms with Gasteiger partial charge in [-0.05, 0) is 13.8 Å². The zero-order valence-electron chi connectivity index (χ0n) is 10.4. The molecule has 0 aliphatic carbocycles. The molecule has 1 amide bonds. The van der Waals surface area contributed by atoms with E-state index in [-0.39, 0.29) is 5.91 Å². The molecule has 0 aliphatic heterocycles. The summed E-state index contributed by atoms with van der Waals surface area (Å²) in [5.74, 6) is 0.503. The molecule has 2 heterocycles. The summed E-state index contributed by atoms with van der Waals surface area (Å²) in [5, 5.41) is 0.762. The van der Waals surface area contributed by atoms with Crippen molar-refractivity contribution in [3.05, 3.63) is 12.7 Å². The van der Waals surface area contributed by atoms with Crippen molar-refractivity contribution in [1.82, 2.24) is 24.8 Å². The van der Waals surface area contributed by atoms with Crippen LogP contribution in [0.15, 0.2) is 17.7 Å². The average Bonchev–Trinajstić information content (AvgIpc) is 2.86. The molecule has 0 saturated carbocycles. The van der Waals surface area contributed by atoms with E-state index in [1.165, 1.54) is 18.1 Å². The number of aromatic amines is 1. The van der Waals surface area contributed by atoms with E-state index >= 15 is 0 Å². The number of rotatable bonds is 5. The molecule has 18 heavy (non-hydrogen) atoms. The van der Waals surface area contributed by atoms with Crippen molar-refractivity contribution in [2.75, 3.05) is 18.8 Å². The van der Waals surface area contributed by atoms with E-state index in [4.69, 9.17) is 0 Å². The number of aromatic nitrogens is 4. The zero-order chi connectivity index (χ0) is 13.0. The fourth-order valence-corrected chi connectivity index (χ4v) is 2.51. The lowest BCUT2D eigenvalue weighted by Gasteiger charge is -2.17. The van der Waals surface area contributed by atoms with Crippen molar-refractivity contribution < 1.29 is 4.79 Å². The van der Waals surface area contributed by atoms with Gasteiger partial charge in [-0.25, -0.2) is 15.0 Å². The third-order valence-electron chi connectivity index (χ3n) is 2.64. The van der Waals surface area contributed by atoms with Crippen LogP contribution in [0.5, 0.6) is 0 Å². The Hall–Kier alpha value is -1.63. The summed E-state index contributed by atoms with van der Waals surface area (Å²) in [7, 11) is 0. The largest absolute Gasteiger partial charge is 0.343 e. The molecule has 0 spiro atoms. The number of amides is 1. The van der Waals surface area contributed by atoms with E-state index in [1.54, 1.807) is 11.2 Å². The Labute approximate surface area is 109 Å². The molecule has 2 rings (SSSR count). The summed E-state index contributed by atoms with van der Waals surface area (Å²) in [6.07, 6.45) is 3.04. The van der Waals surface area contributed by atoms with Crippen LogP contribution in [0.4, 0.5) is 0 Å². The molecule has 0 atom stereocenters. The quantitative estimate of drug-likeness (QED) is 0.651. The van der Waals surface area contributed by atoms with Gasteiger partial charge in [0.2, 0.25) is 5.91 Å². The Kier molecular flexibility index (Phi) is 4.14. The average molecular weight is 265 g/mol. The second-order valence-electron chi connectivity index (χ2n) is 3.63. The first-order valence-corrected chi connectivity index (χ1v) is 6.79. The predicted molar refractivity (Wildman–Crippen MR) is 70.3 cm³/mol. The van der Waals surface area contributed by atoms with Gasteiger partial charge in [0.05, 0.1) is 12.1 Å². The summed E-state index contributed by atoms with van der Waals surface area (Å²) in [6, 6.07) is 0. The van der Waals surface area contributed by atoms with Gasteiger partial charge in [0.15, 0.2) is 5.65 Å². The van der Waals surface area contributed by atoms with Crippen molar-refractivity contribution in [3.63, 3.8) is 0 Å². The van der Waals surface area contributed by atoms with Crippen LogP contribution in [0.3, 0.4) is 0 Å². The van der Waals surface area contributed by atoms with E-state index in [0.29, 0.717) is 11.4 Å². The summed E-state index contributed by atoms with van der Waals surface area (Å²) in [5.41, 5.74) is 1.41. The van der Waals surface area contributed by atoms with Gasteiger partial charge in [0, 0.05) is 13.1 Å². The number of hydrogen-bond donors (Lipinski definition) is 1. The summed E-state index contributed by atoms with van der Waals surface area (Å²) in [6.45, 7) is 5.42. The van der Waals surface area contributed by atoms with E-state index in [9.17, 15) is 4.79 Å². The molecule has 0 unspecified atom stereocenters. The van der Waals surface area contributed by atoms with Crippen LogP contribution in [0, 0.1) is 0 Å². The number of carbonyl (C=O) groups excluding carboxylic acids is 1. The second-order valence-corrected chi connectivity index (χ2v) is 4.60. The van der Waals surface area contributed by atoms with Gasteiger partial charge in [0.25, 0.3) is 0 Å². The first kappa shape index (κ1) is 12.8. The van der Waals surface area contributed by atoms with Crippen molar-refractivity contribution in [1.29, 1.82) is 0 Å². The molecule has 0 aromatic carbocycles. The normalized spacial score (nSPS) is 10.8. The fourth-order valence-electron chi connectivity index (χ4n) is 1.65. The standard InChI is InChI=1S/C11H15N5OS/c1-3-16(4-2)8(17)5-18-11-9-10(13-6-12-9)14-7-15-11/h6-7H,3-5H2,1-2H3,(H,12,13,14,15). The molecule has 7 heteroatoms. The molecular weight excluding hydrogens is 250 g/mol. The lowest BCUT2D eigenvalue weighted by Crippen LogP contribution is -2.31. The third kappa shape index (κ3) is 2.61. The van der Waals surface area contributed by atoms with Crippen LogP contribution in [0.1, 0.15) is 13.8 Å². The molecular formula is C11H15N5OS. The SMILES string of the molecule is CCN(CC)C(=O)CSc1ncnc2nc[nH]c12. The van der Waals surface area contributed by atoms with Gasteiger partial charge in [0.1, 0.15) is 16.9 Å². The first-order chi connectivity index (χ1) is 8.76. The maximum Gasteiger partial charge on any atom is 0.232 e. The molecule has 6 nitrogen and oxygen atoms in total. The molecule has 0 radical (unpaired) electrons. The van der Waals surface area contributed by atoms with Crippen LogP contribution in [-0.2, 0) is 4.79 Å². The van der Waals surface area contributed by atoms with Crippen LogP contribution in [0.2, 0.25) is 0 Å². The number of H-pyrrole nitrogens is 1. The molecule has 2 aromatic rings. The highest BCUT2D eigenvalue weighted by molar-refractivity contribution is 8.00. The Balaban J connectivity index is 2.06. The highest BCUT2D eigenvalue weighted by atomic mass is 32.2. The third-order valence-corrected chi connectivity index (χ3v) is 3.61. The van der Waals surface area contributed by atoms with Crippen LogP contribution < -0.4 is 0 Å². The molecule has 0 saturated heterocycles. The summed E-state index contributed by atoms with van der Waals surface area (Å²) in [4.78, 5) is 28.9. The zero-order valence-corrected chi connectivity index (χ0v) is 11.2. The predicted octanol–water partition coefficient (Wildman–Crippen LogP) is 1.31. The molecule has 0 bridgehead atoms. The van der Waals surface area contributed by atoms with Gasteiger partial charge in [-0.2, -0.15) is 0 Å². The Morgan fingerprint density at radius 1 is 1.33 bits per heavy atom. The van der Waals surface area contributed by atoms with Crippen molar-refractivity contribution in [3.8, 4) is 0 Å². The lowest BCUT2D eigenvalue weighted by molar-refractivity contribution is -0.127. The Bertz CT molecular complexity index is 537. The van der Waals surface area contributed by atoms with E-state index in [2.05, 4.69) is 19.9 Å². The highest BCUT2D eigenvalue weighted by Gasteiger charge is 2.12. The first-order valence-electron chi connectivity index (χ1n) is 5.80. The van der Waals surface area contributed by atoms with Gasteiger partial charge in [-0.1, -0.05) is 11.8 Å². The van der Waals surface area contributed by atoms with Crippen LogP contribution in [0.25, 0.3) is 11.2 Å². The number of hydrogen-bond acceptors (Lipinski definition) is 5. The van der Waals surface area contributed by atoms with E-state index in [1.807, 2.05) is 13.8 Å². The lowest BCUT2D eigenvalue weighted by atomic mass is 10.5. The van der Waals surface area contributed by atoms with Crippen molar-refractivity contribution in [2.45, 2.75) is 18.9 Å². The highest BCUT2D eigenvalue weighted by Crippen LogP contribution is 2.21. The maximum absolute atomic E-state index is 11.9. The minimum absolute atomic E-state index is 0.122. The number of nitrogens with zero attached hydrogens (tertiary/aromatic N) is 4. The maximum atomic E-state index is 11.9. The Morgan fingerprint density at radius 3 is 2.83 bits per heavy atom. The number of thioether (sulfide) groups is 1. The molecule has 0 fully saturated rings. The van der Waals surface area contributed by atoms with Gasteiger partial charge < -0.3 is 9.88 Å². The van der Waals surface area contributed by atoms with Gasteiger partial charge in [-0.3, -0.25) is 4.79 Å². The van der Waals surface area contributed by atoms with Crippen LogP contribution in [-0.4, -0.2) is 49.6 Å². The topological polar surface area (TPSA) is 74.8 Å². The molecule has 96 valence electrons. The number of fused-ring (bicyclic) bond motifs is 1. The van der Waals surface area contributed by atoms with Gasteiger partial charge >= 0.3 is 0 Å². The fraction of sp³-hybridized carbons (Fsp3) is 0.455. The smallest absolute Gasteiger partial charge is 0.232 e.